The molecule has 0 bridgehead atoms. The third-order valence-corrected chi connectivity index (χ3v) is 5.51. The van der Waals surface area contributed by atoms with E-state index in [1.807, 2.05) is 42.9 Å². The van der Waals surface area contributed by atoms with Gasteiger partial charge in [-0.05, 0) is 55.2 Å². The van der Waals surface area contributed by atoms with Crippen molar-refractivity contribution in [1.29, 1.82) is 0 Å². The summed E-state index contributed by atoms with van der Waals surface area (Å²) < 4.78 is 13.0. The second-order valence-electron chi connectivity index (χ2n) is 7.34. The van der Waals surface area contributed by atoms with Gasteiger partial charge < -0.3 is 18.9 Å². The average molecular weight is 395 g/mol. The molecule has 5 rings (SSSR count). The molecule has 5 nitrogen and oxygen atoms in total. The van der Waals surface area contributed by atoms with Crippen LogP contribution in [0.4, 0.5) is 0 Å². The zero-order valence-corrected chi connectivity index (χ0v) is 16.4. The Morgan fingerprint density at radius 3 is 2.50 bits per heavy atom. The van der Waals surface area contributed by atoms with Crippen molar-refractivity contribution in [3.05, 3.63) is 57.8 Å². The standard InChI is InChI=1S/C22H19ClN2O3/c1-24(2)7-8-25-21-15(18-10-14(23)4-6-16(18)22(25)26)5-3-13-9-19-20(11-17(13)21)28-12-27-19/h3-6,9-11H,7-8,12H2,1-2H3. The van der Waals surface area contributed by atoms with Gasteiger partial charge >= 0.3 is 0 Å². The predicted molar refractivity (Wildman–Crippen MR) is 113 cm³/mol. The molecule has 0 amide bonds. The minimum atomic E-state index is -0.00816. The van der Waals surface area contributed by atoms with E-state index in [1.54, 1.807) is 6.07 Å². The topological polar surface area (TPSA) is 43.7 Å². The lowest BCUT2D eigenvalue weighted by molar-refractivity contribution is 0.174. The number of pyridine rings is 1. The van der Waals surface area contributed by atoms with E-state index in [0.29, 0.717) is 22.7 Å². The van der Waals surface area contributed by atoms with Gasteiger partial charge in [-0.1, -0.05) is 23.7 Å². The van der Waals surface area contributed by atoms with Crippen LogP contribution in [-0.4, -0.2) is 36.9 Å². The van der Waals surface area contributed by atoms with Crippen LogP contribution >= 0.6 is 11.6 Å². The lowest BCUT2D eigenvalue weighted by Crippen LogP contribution is -2.27. The van der Waals surface area contributed by atoms with Crippen LogP contribution in [0.1, 0.15) is 0 Å². The summed E-state index contributed by atoms with van der Waals surface area (Å²) in [5.41, 5.74) is 0.892. The zero-order chi connectivity index (χ0) is 19.4. The van der Waals surface area contributed by atoms with Crippen LogP contribution in [0, 0.1) is 0 Å². The molecule has 3 aromatic carbocycles. The van der Waals surface area contributed by atoms with Crippen LogP contribution in [0.15, 0.2) is 47.3 Å². The molecule has 0 fully saturated rings. The van der Waals surface area contributed by atoms with Crippen LogP contribution in [0.5, 0.6) is 11.5 Å². The van der Waals surface area contributed by atoms with Gasteiger partial charge in [-0.3, -0.25) is 4.79 Å². The van der Waals surface area contributed by atoms with Crippen LogP contribution in [0.3, 0.4) is 0 Å². The Bertz CT molecular complexity index is 1310. The highest BCUT2D eigenvalue weighted by Gasteiger charge is 2.19. The van der Waals surface area contributed by atoms with Crippen molar-refractivity contribution in [2.45, 2.75) is 6.54 Å². The van der Waals surface area contributed by atoms with E-state index in [2.05, 4.69) is 17.0 Å². The van der Waals surface area contributed by atoms with Crippen LogP contribution in [0.2, 0.25) is 5.02 Å². The predicted octanol–water partition coefficient (Wildman–Crippen LogP) is 4.25. The second-order valence-corrected chi connectivity index (χ2v) is 7.77. The van der Waals surface area contributed by atoms with Gasteiger partial charge in [-0.15, -0.1) is 0 Å². The number of halogens is 1. The van der Waals surface area contributed by atoms with Gasteiger partial charge in [0.05, 0.1) is 5.52 Å². The quantitative estimate of drug-likeness (QED) is 0.487. The first-order chi connectivity index (χ1) is 13.5. The molecule has 0 aliphatic carbocycles. The summed E-state index contributed by atoms with van der Waals surface area (Å²) in [7, 11) is 4.01. The Morgan fingerprint density at radius 1 is 0.964 bits per heavy atom. The van der Waals surface area contributed by atoms with E-state index < -0.39 is 0 Å². The molecule has 0 unspecified atom stereocenters. The number of fused-ring (bicyclic) bond motifs is 6. The van der Waals surface area contributed by atoms with E-state index >= 15 is 0 Å². The van der Waals surface area contributed by atoms with Gasteiger partial charge in [0, 0.05) is 34.3 Å². The maximum atomic E-state index is 13.4. The largest absolute Gasteiger partial charge is 0.454 e. The minimum Gasteiger partial charge on any atom is -0.454 e. The van der Waals surface area contributed by atoms with Crippen molar-refractivity contribution in [2.24, 2.45) is 0 Å². The Hall–Kier alpha value is -2.76. The Balaban J connectivity index is 1.95. The summed E-state index contributed by atoms with van der Waals surface area (Å²) in [6.07, 6.45) is 0. The number of rotatable bonds is 3. The molecule has 142 valence electrons. The SMILES string of the molecule is CN(C)CCn1c(=O)c2ccc(Cl)cc2c2ccc3cc4c(cc3c21)OCO4. The lowest BCUT2D eigenvalue weighted by Gasteiger charge is -2.18. The maximum absolute atomic E-state index is 13.4. The summed E-state index contributed by atoms with van der Waals surface area (Å²) in [4.78, 5) is 15.5. The zero-order valence-electron chi connectivity index (χ0n) is 15.7. The molecular weight excluding hydrogens is 376 g/mol. The van der Waals surface area contributed by atoms with E-state index in [0.717, 1.165) is 39.4 Å². The smallest absolute Gasteiger partial charge is 0.258 e. The normalized spacial score (nSPS) is 13.3. The van der Waals surface area contributed by atoms with E-state index in [4.69, 9.17) is 21.1 Å². The van der Waals surface area contributed by atoms with Gasteiger partial charge in [0.1, 0.15) is 0 Å². The first-order valence-electron chi connectivity index (χ1n) is 9.16. The molecule has 1 aliphatic heterocycles. The van der Waals surface area contributed by atoms with E-state index in [-0.39, 0.29) is 12.4 Å². The van der Waals surface area contributed by atoms with Crippen molar-refractivity contribution >= 4 is 44.0 Å². The molecule has 0 saturated carbocycles. The van der Waals surface area contributed by atoms with Crippen molar-refractivity contribution in [2.75, 3.05) is 27.4 Å². The minimum absolute atomic E-state index is 0.00816. The van der Waals surface area contributed by atoms with E-state index in [1.165, 1.54) is 0 Å². The fourth-order valence-electron chi connectivity index (χ4n) is 3.89. The highest BCUT2D eigenvalue weighted by Crippen LogP contribution is 2.39. The molecule has 0 N–H and O–H groups in total. The van der Waals surface area contributed by atoms with Crippen LogP contribution in [-0.2, 0) is 6.54 Å². The number of hydrogen-bond acceptors (Lipinski definition) is 4. The van der Waals surface area contributed by atoms with E-state index in [9.17, 15) is 4.79 Å². The summed E-state index contributed by atoms with van der Waals surface area (Å²) in [6, 6.07) is 13.5. The van der Waals surface area contributed by atoms with Gasteiger partial charge in [0.15, 0.2) is 11.5 Å². The first-order valence-corrected chi connectivity index (χ1v) is 9.53. The molecule has 28 heavy (non-hydrogen) atoms. The molecule has 4 aromatic rings. The average Bonchev–Trinajstić information content (AvgIpc) is 3.13. The molecule has 1 aliphatic rings. The number of likely N-dealkylation sites (N-methyl/N-ethyl adjacent to an activating group) is 1. The van der Waals surface area contributed by atoms with Gasteiger partial charge in [0.25, 0.3) is 5.56 Å². The van der Waals surface area contributed by atoms with Crippen molar-refractivity contribution in [3.63, 3.8) is 0 Å². The Kier molecular flexibility index (Phi) is 3.96. The summed E-state index contributed by atoms with van der Waals surface area (Å²) in [6.45, 7) is 1.57. The molecular formula is C22H19ClN2O3. The molecule has 0 atom stereocenters. The summed E-state index contributed by atoms with van der Waals surface area (Å²) >= 11 is 6.26. The van der Waals surface area contributed by atoms with Gasteiger partial charge in [0.2, 0.25) is 6.79 Å². The molecule has 2 heterocycles. The molecule has 6 heteroatoms. The number of ether oxygens (including phenoxy) is 2. The first kappa shape index (κ1) is 17.3. The van der Waals surface area contributed by atoms with Gasteiger partial charge in [-0.25, -0.2) is 0 Å². The number of nitrogens with zero attached hydrogens (tertiary/aromatic N) is 2. The van der Waals surface area contributed by atoms with Crippen molar-refractivity contribution in [1.82, 2.24) is 9.47 Å². The Labute approximate surface area is 166 Å². The van der Waals surface area contributed by atoms with Crippen molar-refractivity contribution in [3.8, 4) is 11.5 Å². The third kappa shape index (κ3) is 2.62. The van der Waals surface area contributed by atoms with Crippen molar-refractivity contribution < 1.29 is 9.47 Å². The molecule has 0 spiro atoms. The fraction of sp³-hybridized carbons (Fsp3) is 0.227. The molecule has 1 aromatic heterocycles. The van der Waals surface area contributed by atoms with Crippen LogP contribution in [0.25, 0.3) is 32.4 Å². The molecule has 0 radical (unpaired) electrons. The second kappa shape index (κ2) is 6.40. The highest BCUT2D eigenvalue weighted by molar-refractivity contribution is 6.32. The lowest BCUT2D eigenvalue weighted by atomic mass is 10.0. The number of aromatic nitrogens is 1. The van der Waals surface area contributed by atoms with Crippen LogP contribution < -0.4 is 15.0 Å². The monoisotopic (exact) mass is 394 g/mol. The molecule has 0 saturated heterocycles. The summed E-state index contributed by atoms with van der Waals surface area (Å²) in [5, 5.41) is 5.15. The fourth-order valence-corrected chi connectivity index (χ4v) is 4.06. The Morgan fingerprint density at radius 2 is 1.71 bits per heavy atom. The van der Waals surface area contributed by atoms with Gasteiger partial charge in [-0.2, -0.15) is 0 Å². The maximum Gasteiger partial charge on any atom is 0.258 e. The number of benzene rings is 3. The third-order valence-electron chi connectivity index (χ3n) is 5.27. The summed E-state index contributed by atoms with van der Waals surface area (Å²) in [5.74, 6) is 1.44. The highest BCUT2D eigenvalue weighted by atomic mass is 35.5. The number of hydrogen-bond donors (Lipinski definition) is 0.